The maximum absolute atomic E-state index is 9.81. The molecule has 2 fully saturated rings. The van der Waals surface area contributed by atoms with Crippen LogP contribution in [-0.4, -0.2) is 62.2 Å². The van der Waals surface area contributed by atoms with Crippen molar-refractivity contribution in [3.05, 3.63) is 24.3 Å². The Hall–Kier alpha value is -1.30. The van der Waals surface area contributed by atoms with Crippen LogP contribution < -0.4 is 9.47 Å². The highest BCUT2D eigenvalue weighted by molar-refractivity contribution is 5.31. The summed E-state index contributed by atoms with van der Waals surface area (Å²) in [6.45, 7) is 9.22. The van der Waals surface area contributed by atoms with Crippen molar-refractivity contribution in [2.75, 3.05) is 46.1 Å². The van der Waals surface area contributed by atoms with E-state index in [1.165, 1.54) is 0 Å². The molecule has 2 aliphatic heterocycles. The van der Waals surface area contributed by atoms with E-state index >= 15 is 0 Å². The molecule has 2 saturated heterocycles. The zero-order valence-electron chi connectivity index (χ0n) is 14.7. The third-order valence-electron chi connectivity index (χ3n) is 5.07. The first-order valence-electron chi connectivity index (χ1n) is 8.92. The van der Waals surface area contributed by atoms with Crippen LogP contribution in [0.2, 0.25) is 0 Å². The second kappa shape index (κ2) is 7.72. The second-order valence-electron chi connectivity index (χ2n) is 7.28. The van der Waals surface area contributed by atoms with Crippen LogP contribution in [-0.2, 0) is 4.74 Å². The summed E-state index contributed by atoms with van der Waals surface area (Å²) in [5.41, 5.74) is -0.0614. The number of aliphatic hydroxyl groups excluding tert-OH is 1. The van der Waals surface area contributed by atoms with E-state index in [0.717, 1.165) is 44.2 Å². The zero-order chi connectivity index (χ0) is 17.0. The highest BCUT2D eigenvalue weighted by Crippen LogP contribution is 2.40. The number of ether oxygens (including phenoxy) is 3. The van der Waals surface area contributed by atoms with E-state index in [2.05, 4.69) is 4.90 Å². The van der Waals surface area contributed by atoms with E-state index in [4.69, 9.17) is 14.2 Å². The molecule has 0 unspecified atom stereocenters. The number of likely N-dealkylation sites (tertiary alicyclic amines) is 1. The number of nitrogens with zero attached hydrogens (tertiary/aromatic N) is 1. The van der Waals surface area contributed by atoms with Gasteiger partial charge in [-0.05, 0) is 50.5 Å². The van der Waals surface area contributed by atoms with Gasteiger partial charge in [-0.2, -0.15) is 0 Å². The highest BCUT2D eigenvalue weighted by atomic mass is 16.5. The van der Waals surface area contributed by atoms with Crippen molar-refractivity contribution in [2.24, 2.45) is 11.3 Å². The van der Waals surface area contributed by atoms with Crippen LogP contribution in [0.1, 0.15) is 20.3 Å². The van der Waals surface area contributed by atoms with Gasteiger partial charge in [0.2, 0.25) is 0 Å². The predicted octanol–water partition coefficient (Wildman–Crippen LogP) is 2.18. The Kier molecular flexibility index (Phi) is 5.64. The summed E-state index contributed by atoms with van der Waals surface area (Å²) in [4.78, 5) is 2.39. The van der Waals surface area contributed by atoms with Crippen molar-refractivity contribution in [3.8, 4) is 11.5 Å². The number of hydrogen-bond acceptors (Lipinski definition) is 5. The van der Waals surface area contributed by atoms with Gasteiger partial charge in [0, 0.05) is 31.7 Å². The summed E-state index contributed by atoms with van der Waals surface area (Å²) in [6, 6.07) is 7.78. The van der Waals surface area contributed by atoms with E-state index < -0.39 is 0 Å². The summed E-state index contributed by atoms with van der Waals surface area (Å²) < 4.78 is 17.1. The summed E-state index contributed by atoms with van der Waals surface area (Å²) in [5.74, 6) is 2.28. The quantitative estimate of drug-likeness (QED) is 0.828. The standard InChI is InChI=1S/C19H29NO4/c1-15(2)24-18-5-3-17(4-6-18)23-10-8-20-11-16-7-9-22-14-19(16,12-20)13-21/h3-6,15-16,21H,7-14H2,1-2H3/t16-,19+/m0/s1. The van der Waals surface area contributed by atoms with E-state index in [1.54, 1.807) is 0 Å². The van der Waals surface area contributed by atoms with E-state index in [1.807, 2.05) is 38.1 Å². The molecule has 1 aromatic rings. The molecule has 0 saturated carbocycles. The molecule has 2 atom stereocenters. The summed E-state index contributed by atoms with van der Waals surface area (Å²) in [7, 11) is 0. The first-order valence-corrected chi connectivity index (χ1v) is 8.92. The molecule has 0 amide bonds. The first kappa shape index (κ1) is 17.5. The molecule has 0 radical (unpaired) electrons. The molecular formula is C19H29NO4. The number of benzene rings is 1. The third kappa shape index (κ3) is 4.02. The molecule has 24 heavy (non-hydrogen) atoms. The average molecular weight is 335 g/mol. The normalized spacial score (nSPS) is 27.2. The van der Waals surface area contributed by atoms with Crippen molar-refractivity contribution >= 4 is 0 Å². The van der Waals surface area contributed by atoms with Crippen LogP contribution in [0, 0.1) is 11.3 Å². The number of aliphatic hydroxyl groups is 1. The molecule has 0 bridgehead atoms. The van der Waals surface area contributed by atoms with Crippen molar-refractivity contribution < 1.29 is 19.3 Å². The van der Waals surface area contributed by atoms with Gasteiger partial charge in [0.1, 0.15) is 18.1 Å². The van der Waals surface area contributed by atoms with E-state index in [9.17, 15) is 5.11 Å². The minimum atomic E-state index is -0.0614. The van der Waals surface area contributed by atoms with Crippen LogP contribution in [0.4, 0.5) is 0 Å². The largest absolute Gasteiger partial charge is 0.492 e. The molecule has 134 valence electrons. The van der Waals surface area contributed by atoms with Crippen LogP contribution in [0.5, 0.6) is 11.5 Å². The molecule has 0 aliphatic carbocycles. The number of hydrogen-bond donors (Lipinski definition) is 1. The van der Waals surface area contributed by atoms with Gasteiger partial charge in [-0.3, -0.25) is 4.90 Å². The Morgan fingerprint density at radius 1 is 1.29 bits per heavy atom. The van der Waals surface area contributed by atoms with Crippen LogP contribution in [0.25, 0.3) is 0 Å². The predicted molar refractivity (Wildman–Crippen MR) is 92.6 cm³/mol. The van der Waals surface area contributed by atoms with Gasteiger partial charge >= 0.3 is 0 Å². The second-order valence-corrected chi connectivity index (χ2v) is 7.28. The maximum atomic E-state index is 9.81. The van der Waals surface area contributed by atoms with Crippen molar-refractivity contribution in [2.45, 2.75) is 26.4 Å². The molecule has 2 aliphatic rings. The Labute approximate surface area is 144 Å². The molecule has 1 aromatic carbocycles. The lowest BCUT2D eigenvalue weighted by molar-refractivity contribution is -0.0561. The summed E-state index contributed by atoms with van der Waals surface area (Å²) in [6.07, 6.45) is 1.23. The van der Waals surface area contributed by atoms with Crippen molar-refractivity contribution in [3.63, 3.8) is 0 Å². The number of rotatable bonds is 7. The minimum Gasteiger partial charge on any atom is -0.492 e. The molecule has 5 nitrogen and oxygen atoms in total. The lowest BCUT2D eigenvalue weighted by Crippen LogP contribution is -2.43. The van der Waals surface area contributed by atoms with Crippen LogP contribution >= 0.6 is 0 Å². The van der Waals surface area contributed by atoms with Crippen LogP contribution in [0.15, 0.2) is 24.3 Å². The molecule has 3 rings (SSSR count). The van der Waals surface area contributed by atoms with Gasteiger partial charge in [0.05, 0.1) is 19.3 Å². The Morgan fingerprint density at radius 2 is 2.04 bits per heavy atom. The fourth-order valence-corrected chi connectivity index (χ4v) is 3.78. The fraction of sp³-hybridized carbons (Fsp3) is 0.684. The molecule has 0 spiro atoms. The lowest BCUT2D eigenvalue weighted by Gasteiger charge is -2.36. The zero-order valence-corrected chi connectivity index (χ0v) is 14.7. The fourth-order valence-electron chi connectivity index (χ4n) is 3.78. The summed E-state index contributed by atoms with van der Waals surface area (Å²) >= 11 is 0. The molecule has 1 N–H and O–H groups in total. The highest BCUT2D eigenvalue weighted by Gasteiger charge is 2.47. The third-order valence-corrected chi connectivity index (χ3v) is 5.07. The Balaban J connectivity index is 1.45. The Morgan fingerprint density at radius 3 is 2.71 bits per heavy atom. The first-order chi connectivity index (χ1) is 11.6. The van der Waals surface area contributed by atoms with Gasteiger partial charge in [-0.25, -0.2) is 0 Å². The van der Waals surface area contributed by atoms with Gasteiger partial charge in [-0.1, -0.05) is 0 Å². The summed E-state index contributed by atoms with van der Waals surface area (Å²) in [5, 5.41) is 9.81. The average Bonchev–Trinajstić information content (AvgIpc) is 2.95. The Bertz CT molecular complexity index is 519. The van der Waals surface area contributed by atoms with E-state index in [0.29, 0.717) is 19.1 Å². The lowest BCUT2D eigenvalue weighted by atomic mass is 9.76. The SMILES string of the molecule is CC(C)Oc1ccc(OCCN2C[C@@H]3CCOC[C@]3(CO)C2)cc1. The van der Waals surface area contributed by atoms with Gasteiger partial charge in [0.15, 0.2) is 0 Å². The van der Waals surface area contributed by atoms with Gasteiger partial charge in [-0.15, -0.1) is 0 Å². The van der Waals surface area contributed by atoms with Gasteiger partial charge < -0.3 is 19.3 Å². The topological polar surface area (TPSA) is 51.2 Å². The molecular weight excluding hydrogens is 306 g/mol. The molecule has 5 heteroatoms. The van der Waals surface area contributed by atoms with Gasteiger partial charge in [0.25, 0.3) is 0 Å². The van der Waals surface area contributed by atoms with Crippen molar-refractivity contribution in [1.29, 1.82) is 0 Å². The number of fused-ring (bicyclic) bond motifs is 1. The monoisotopic (exact) mass is 335 g/mol. The van der Waals surface area contributed by atoms with E-state index in [-0.39, 0.29) is 18.1 Å². The van der Waals surface area contributed by atoms with Crippen molar-refractivity contribution in [1.82, 2.24) is 4.90 Å². The maximum Gasteiger partial charge on any atom is 0.119 e. The molecule has 0 aromatic heterocycles. The van der Waals surface area contributed by atoms with Crippen LogP contribution in [0.3, 0.4) is 0 Å². The minimum absolute atomic E-state index is 0.0614. The molecule has 2 heterocycles. The smallest absolute Gasteiger partial charge is 0.119 e.